The Balaban J connectivity index is 2.23. The molecule has 204 valence electrons. The van der Waals surface area contributed by atoms with Gasteiger partial charge in [0, 0.05) is 0 Å². The molecule has 0 radical (unpaired) electrons. The Labute approximate surface area is 217 Å². The highest BCUT2D eigenvalue weighted by atomic mass is 32.2. The van der Waals surface area contributed by atoms with Crippen molar-refractivity contribution in [3.8, 4) is 0 Å². The summed E-state index contributed by atoms with van der Waals surface area (Å²) in [7, 11) is -8.25. The minimum atomic E-state index is -4.60. The van der Waals surface area contributed by atoms with Gasteiger partial charge in [0.15, 0.2) is 0 Å². The molecule has 13 heteroatoms. The molecule has 0 amide bonds. The highest BCUT2D eigenvalue weighted by Gasteiger charge is 2.33. The molecule has 0 saturated heterocycles. The molecule has 0 saturated carbocycles. The number of nitrogens with one attached hydrogen (secondary N) is 1. The zero-order valence-electron chi connectivity index (χ0n) is 21.1. The number of carbonyl (C=O) groups is 2. The third-order valence-electron chi connectivity index (χ3n) is 4.50. The van der Waals surface area contributed by atoms with Crippen molar-refractivity contribution in [2.75, 3.05) is 19.8 Å². The first-order valence-electron chi connectivity index (χ1n) is 11.7. The van der Waals surface area contributed by atoms with E-state index in [-0.39, 0.29) is 33.0 Å². The molecule has 0 aromatic heterocycles. The zero-order chi connectivity index (χ0) is 27.2. The van der Waals surface area contributed by atoms with Crippen LogP contribution >= 0.6 is 7.74 Å². The number of hydrogen-bond acceptors (Lipinski definition) is 9. The van der Waals surface area contributed by atoms with Crippen LogP contribution in [0.25, 0.3) is 0 Å². The Kier molecular flexibility index (Phi) is 12.9. The van der Waals surface area contributed by atoms with Crippen LogP contribution in [0.4, 0.5) is 0 Å². The molecule has 1 atom stereocenters. The first kappa shape index (κ1) is 30.6. The third-order valence-corrected chi connectivity index (χ3v) is 8.49. The predicted molar refractivity (Wildman–Crippen MR) is 137 cm³/mol. The van der Waals surface area contributed by atoms with Crippen LogP contribution in [0.15, 0.2) is 64.8 Å². The van der Waals surface area contributed by atoms with Gasteiger partial charge in [0.2, 0.25) is 0 Å². The van der Waals surface area contributed by atoms with E-state index in [9.17, 15) is 18.0 Å². The Hall–Kier alpha value is -2.60. The Morgan fingerprint density at radius 1 is 0.811 bits per heavy atom. The molecule has 2 rings (SSSR count). The van der Waals surface area contributed by atoms with Gasteiger partial charge in [-0.05, 0) is 31.9 Å². The van der Waals surface area contributed by atoms with E-state index in [1.165, 1.54) is 0 Å². The van der Waals surface area contributed by atoms with E-state index in [1.807, 2.05) is 6.07 Å². The number of rotatable bonds is 16. The van der Waals surface area contributed by atoms with Crippen LogP contribution in [0.5, 0.6) is 0 Å². The Bertz CT molecular complexity index is 1120. The summed E-state index contributed by atoms with van der Waals surface area (Å²) in [6.07, 6.45) is -0.626. The number of esters is 2. The summed E-state index contributed by atoms with van der Waals surface area (Å²) in [5.74, 6) is -1.79. The summed E-state index contributed by atoms with van der Waals surface area (Å²) >= 11 is 0. The van der Waals surface area contributed by atoms with Crippen molar-refractivity contribution in [2.24, 2.45) is 4.15 Å². The summed E-state index contributed by atoms with van der Waals surface area (Å²) in [5.41, 5.74) is 1.41. The second kappa shape index (κ2) is 15.6. The smallest absolute Gasteiger partial charge is 0.372 e. The second-order valence-corrected chi connectivity index (χ2v) is 10.9. The third kappa shape index (κ3) is 11.1. The molecule has 0 aliphatic rings. The first-order chi connectivity index (χ1) is 17.7. The second-order valence-electron chi connectivity index (χ2n) is 7.39. The van der Waals surface area contributed by atoms with E-state index in [0.717, 1.165) is 5.56 Å². The summed E-state index contributed by atoms with van der Waals surface area (Å²) in [6, 6.07) is 16.1. The van der Waals surface area contributed by atoms with Crippen molar-refractivity contribution in [3.05, 3.63) is 71.8 Å². The number of benzene rings is 2. The highest BCUT2D eigenvalue weighted by Crippen LogP contribution is 2.53. The van der Waals surface area contributed by atoms with Crippen LogP contribution in [0.1, 0.15) is 38.3 Å². The molecule has 1 N–H and O–H groups in total. The topological polar surface area (TPSA) is 139 Å². The van der Waals surface area contributed by atoms with Crippen LogP contribution in [0.3, 0.4) is 0 Å². The van der Waals surface area contributed by atoms with Crippen LogP contribution in [-0.4, -0.2) is 46.2 Å². The Morgan fingerprint density at radius 2 is 1.27 bits per heavy atom. The molecular weight excluding hydrogens is 523 g/mol. The number of carbonyl (C=O) groups excluding carboxylic acids is 2. The average molecular weight is 557 g/mol. The normalized spacial score (nSPS) is 12.5. The average Bonchev–Trinajstić information content (AvgIpc) is 2.87. The maximum absolute atomic E-state index is 13.0. The minimum absolute atomic E-state index is 0.0454. The van der Waals surface area contributed by atoms with E-state index in [2.05, 4.69) is 8.87 Å². The van der Waals surface area contributed by atoms with Gasteiger partial charge in [0.25, 0.3) is 0 Å². The lowest BCUT2D eigenvalue weighted by atomic mass is 10.2. The van der Waals surface area contributed by atoms with Crippen LogP contribution in [0, 0.1) is 0 Å². The quantitative estimate of drug-likeness (QED) is 0.239. The lowest BCUT2D eigenvalue weighted by Crippen LogP contribution is -2.42. The molecular formula is C24H33N2O9PS. The van der Waals surface area contributed by atoms with Crippen molar-refractivity contribution < 1.29 is 41.1 Å². The van der Waals surface area contributed by atoms with Crippen molar-refractivity contribution in [3.63, 3.8) is 0 Å². The van der Waals surface area contributed by atoms with Gasteiger partial charge >= 0.3 is 29.9 Å². The van der Waals surface area contributed by atoms with Gasteiger partial charge in [-0.25, -0.2) is 0 Å². The fourth-order valence-corrected chi connectivity index (χ4v) is 6.52. The van der Waals surface area contributed by atoms with Crippen molar-refractivity contribution in [2.45, 2.75) is 46.4 Å². The Morgan fingerprint density at radius 3 is 1.73 bits per heavy atom. The zero-order valence-corrected chi connectivity index (χ0v) is 22.8. The molecule has 0 spiro atoms. The van der Waals surface area contributed by atoms with Crippen LogP contribution in [-0.2, 0) is 56.1 Å². The van der Waals surface area contributed by atoms with Gasteiger partial charge in [-0.2, -0.15) is 13.1 Å². The van der Waals surface area contributed by atoms with E-state index >= 15 is 0 Å². The minimum Gasteiger partial charge on any atom is -0.461 e. The molecule has 11 nitrogen and oxygen atoms in total. The number of nitrogens with zero attached hydrogens (tertiary/aromatic N) is 1. The van der Waals surface area contributed by atoms with E-state index in [1.54, 1.807) is 75.4 Å². The van der Waals surface area contributed by atoms with Gasteiger partial charge < -0.3 is 23.0 Å². The van der Waals surface area contributed by atoms with E-state index in [4.69, 9.17) is 23.0 Å². The molecule has 0 heterocycles. The maximum Gasteiger partial charge on any atom is 0.372 e. The highest BCUT2D eigenvalue weighted by molar-refractivity contribution is 7.91. The standard InChI is InChI=1S/C24H33N2O9PS/c1-4-33-36(34-5-2,35-6-3)26-37(29,30)25-22(24(28)32-19-21-15-11-8-12-16-21)17-23(27)31-18-20-13-9-7-10-14-20/h7-16,22,25H,4-6,17-19H2,1-3H3. The molecule has 0 aliphatic carbocycles. The van der Waals surface area contributed by atoms with Gasteiger partial charge in [0.05, 0.1) is 26.2 Å². The fourth-order valence-electron chi connectivity index (χ4n) is 2.97. The monoisotopic (exact) mass is 556 g/mol. The van der Waals surface area contributed by atoms with Crippen LogP contribution in [0.2, 0.25) is 0 Å². The van der Waals surface area contributed by atoms with Gasteiger partial charge in [-0.3, -0.25) is 9.59 Å². The predicted octanol–water partition coefficient (Wildman–Crippen LogP) is 4.12. The van der Waals surface area contributed by atoms with E-state index < -0.39 is 42.3 Å². The lowest BCUT2D eigenvalue weighted by molar-refractivity contribution is -0.153. The molecule has 0 fully saturated rings. The molecule has 1 unspecified atom stereocenters. The molecule has 0 aliphatic heterocycles. The summed E-state index contributed by atoms with van der Waals surface area (Å²) in [5, 5.41) is 0. The summed E-state index contributed by atoms with van der Waals surface area (Å²) in [4.78, 5) is 25.4. The molecule has 0 bridgehead atoms. The molecule has 2 aromatic rings. The number of hydrogen-bond donors (Lipinski definition) is 1. The van der Waals surface area contributed by atoms with Crippen LogP contribution < -0.4 is 4.72 Å². The maximum atomic E-state index is 13.0. The largest absolute Gasteiger partial charge is 0.461 e. The van der Waals surface area contributed by atoms with Gasteiger partial charge in [-0.1, -0.05) is 64.8 Å². The van der Waals surface area contributed by atoms with Gasteiger partial charge in [0.1, 0.15) is 19.3 Å². The van der Waals surface area contributed by atoms with Crippen molar-refractivity contribution in [1.82, 2.24) is 4.72 Å². The first-order valence-corrected chi connectivity index (χ1v) is 14.7. The van der Waals surface area contributed by atoms with Gasteiger partial charge in [-0.15, -0.1) is 0 Å². The number of ether oxygens (including phenoxy) is 2. The lowest BCUT2D eigenvalue weighted by Gasteiger charge is -2.22. The van der Waals surface area contributed by atoms with Crippen molar-refractivity contribution in [1.29, 1.82) is 0 Å². The summed E-state index contributed by atoms with van der Waals surface area (Å²) in [6.45, 7) is 4.94. The summed E-state index contributed by atoms with van der Waals surface area (Å²) < 4.78 is 58.5. The fraction of sp³-hybridized carbons (Fsp3) is 0.417. The van der Waals surface area contributed by atoms with Crippen molar-refractivity contribution >= 4 is 29.9 Å². The molecule has 2 aromatic carbocycles. The molecule has 37 heavy (non-hydrogen) atoms. The SMILES string of the molecule is CCOP(=NS(=O)(=O)NC(CC(=O)OCc1ccccc1)C(=O)OCc1ccccc1)(OCC)OCC. The van der Waals surface area contributed by atoms with E-state index in [0.29, 0.717) is 5.56 Å².